The number of aromatic amines is 1. The molecule has 2 N–H and O–H groups in total. The molecule has 2 atom stereocenters. The van der Waals surface area contributed by atoms with Crippen LogP contribution in [0.15, 0.2) is 18.5 Å². The molecule has 4 aliphatic rings. The zero-order valence-electron chi connectivity index (χ0n) is 11.3. The molecule has 2 nitrogen and oxygen atoms in total. The van der Waals surface area contributed by atoms with Gasteiger partial charge in [0.1, 0.15) is 0 Å². The fourth-order valence-corrected chi connectivity index (χ4v) is 5.84. The molecule has 0 amide bonds. The molecule has 4 saturated carbocycles. The highest BCUT2D eigenvalue weighted by Gasteiger charge is 2.57. The van der Waals surface area contributed by atoms with Crippen molar-refractivity contribution in [2.75, 3.05) is 6.54 Å². The molecular weight excluding hydrogens is 220 g/mol. The molecule has 1 aromatic heterocycles. The van der Waals surface area contributed by atoms with Crippen LogP contribution in [0.4, 0.5) is 0 Å². The molecule has 0 saturated heterocycles. The van der Waals surface area contributed by atoms with Gasteiger partial charge in [0.2, 0.25) is 0 Å². The zero-order valence-corrected chi connectivity index (χ0v) is 11.3. The molecule has 1 heterocycles. The first-order valence-electron chi connectivity index (χ1n) is 7.62. The second-order valence-corrected chi connectivity index (χ2v) is 7.15. The van der Waals surface area contributed by atoms with Gasteiger partial charge in [0.25, 0.3) is 0 Å². The van der Waals surface area contributed by atoms with Gasteiger partial charge >= 0.3 is 0 Å². The standard InChI is InChI=1S/C16H24N2/c1-2-18-16-8-12-5-13(9-16)7-15(6-12,11-16)14-3-4-17-10-14/h3-4,10,12-13,17-18H,2,5-9,11H2,1H3. The van der Waals surface area contributed by atoms with Crippen molar-refractivity contribution in [2.45, 2.75) is 56.4 Å². The summed E-state index contributed by atoms with van der Waals surface area (Å²) in [5.74, 6) is 1.94. The van der Waals surface area contributed by atoms with E-state index in [0.717, 1.165) is 18.4 Å². The maximum atomic E-state index is 3.87. The molecule has 0 radical (unpaired) electrons. The maximum absolute atomic E-state index is 3.87. The van der Waals surface area contributed by atoms with E-state index in [1.54, 1.807) is 5.56 Å². The van der Waals surface area contributed by atoms with Gasteiger partial charge in [-0.3, -0.25) is 0 Å². The van der Waals surface area contributed by atoms with Crippen molar-refractivity contribution in [1.82, 2.24) is 10.3 Å². The number of rotatable bonds is 3. The Bertz CT molecular complexity index is 420. The van der Waals surface area contributed by atoms with Crippen LogP contribution in [0.25, 0.3) is 0 Å². The summed E-state index contributed by atoms with van der Waals surface area (Å²) in [6, 6.07) is 2.33. The van der Waals surface area contributed by atoms with Crippen LogP contribution < -0.4 is 5.32 Å². The Hall–Kier alpha value is -0.760. The Labute approximate surface area is 110 Å². The molecule has 98 valence electrons. The molecule has 4 bridgehead atoms. The van der Waals surface area contributed by atoms with Gasteiger partial charge in [-0.25, -0.2) is 0 Å². The summed E-state index contributed by atoms with van der Waals surface area (Å²) in [5, 5.41) is 3.87. The highest BCUT2D eigenvalue weighted by molar-refractivity contribution is 5.29. The van der Waals surface area contributed by atoms with Crippen LogP contribution in [0, 0.1) is 11.8 Å². The normalized spacial score (nSPS) is 45.6. The zero-order chi connectivity index (χ0) is 12.2. The molecule has 4 aliphatic carbocycles. The summed E-state index contributed by atoms with van der Waals surface area (Å²) in [6.45, 7) is 3.39. The van der Waals surface area contributed by atoms with Gasteiger partial charge in [0, 0.05) is 17.9 Å². The molecule has 0 aromatic carbocycles. The van der Waals surface area contributed by atoms with E-state index in [2.05, 4.69) is 35.7 Å². The molecule has 2 heteroatoms. The predicted molar refractivity (Wildman–Crippen MR) is 73.6 cm³/mol. The van der Waals surface area contributed by atoms with Crippen molar-refractivity contribution in [1.29, 1.82) is 0 Å². The third-order valence-electron chi connectivity index (χ3n) is 5.82. The first kappa shape index (κ1) is 11.1. The van der Waals surface area contributed by atoms with Crippen molar-refractivity contribution in [3.8, 4) is 0 Å². The molecular formula is C16H24N2. The number of aromatic nitrogens is 1. The fourth-order valence-electron chi connectivity index (χ4n) is 5.84. The van der Waals surface area contributed by atoms with Crippen molar-refractivity contribution < 1.29 is 0 Å². The quantitative estimate of drug-likeness (QED) is 0.839. The van der Waals surface area contributed by atoms with Crippen LogP contribution in [0.3, 0.4) is 0 Å². The molecule has 0 spiro atoms. The molecule has 5 rings (SSSR count). The maximum Gasteiger partial charge on any atom is 0.0195 e. The van der Waals surface area contributed by atoms with Crippen molar-refractivity contribution in [2.24, 2.45) is 11.8 Å². The van der Waals surface area contributed by atoms with Gasteiger partial charge in [-0.1, -0.05) is 6.92 Å². The smallest absolute Gasteiger partial charge is 0.0195 e. The van der Waals surface area contributed by atoms with E-state index in [1.807, 2.05) is 0 Å². The van der Waals surface area contributed by atoms with Gasteiger partial charge in [-0.15, -0.1) is 0 Å². The van der Waals surface area contributed by atoms with E-state index in [0.29, 0.717) is 11.0 Å². The van der Waals surface area contributed by atoms with Gasteiger partial charge in [0.05, 0.1) is 0 Å². The van der Waals surface area contributed by atoms with Gasteiger partial charge in [0.15, 0.2) is 0 Å². The lowest BCUT2D eigenvalue weighted by Crippen LogP contribution is -2.63. The van der Waals surface area contributed by atoms with Gasteiger partial charge in [-0.05, 0) is 74.0 Å². The van der Waals surface area contributed by atoms with E-state index in [1.165, 1.54) is 38.5 Å². The third-order valence-corrected chi connectivity index (χ3v) is 5.82. The van der Waals surface area contributed by atoms with Gasteiger partial charge < -0.3 is 10.3 Å². The molecule has 18 heavy (non-hydrogen) atoms. The minimum atomic E-state index is 0.468. The SMILES string of the molecule is CCNC12CC3CC(C1)CC(c1cc[nH]c1)(C3)C2. The average molecular weight is 244 g/mol. The second kappa shape index (κ2) is 3.63. The summed E-state index contributed by atoms with van der Waals surface area (Å²) in [7, 11) is 0. The van der Waals surface area contributed by atoms with Crippen LogP contribution in [-0.2, 0) is 5.41 Å². The summed E-state index contributed by atoms with van der Waals surface area (Å²) in [4.78, 5) is 3.28. The number of hydrogen-bond donors (Lipinski definition) is 2. The fraction of sp³-hybridized carbons (Fsp3) is 0.750. The Morgan fingerprint density at radius 3 is 2.67 bits per heavy atom. The molecule has 2 unspecified atom stereocenters. The number of H-pyrrole nitrogens is 1. The first-order chi connectivity index (χ1) is 8.74. The Morgan fingerprint density at radius 2 is 2.06 bits per heavy atom. The van der Waals surface area contributed by atoms with Gasteiger partial charge in [-0.2, -0.15) is 0 Å². The predicted octanol–water partition coefficient (Wildman–Crippen LogP) is 3.21. The second-order valence-electron chi connectivity index (χ2n) is 7.15. The van der Waals surface area contributed by atoms with Crippen LogP contribution >= 0.6 is 0 Å². The average Bonchev–Trinajstić information content (AvgIpc) is 2.80. The lowest BCUT2D eigenvalue weighted by Gasteiger charge is -2.62. The van der Waals surface area contributed by atoms with Crippen LogP contribution in [0.1, 0.15) is 51.0 Å². The summed E-state index contributed by atoms with van der Waals surface area (Å²) in [5.41, 5.74) is 2.54. The highest BCUT2D eigenvalue weighted by atomic mass is 15.0. The summed E-state index contributed by atoms with van der Waals surface area (Å²) < 4.78 is 0. The van der Waals surface area contributed by atoms with Crippen molar-refractivity contribution in [3.63, 3.8) is 0 Å². The minimum absolute atomic E-state index is 0.468. The first-order valence-corrected chi connectivity index (χ1v) is 7.62. The summed E-state index contributed by atoms with van der Waals surface area (Å²) >= 11 is 0. The largest absolute Gasteiger partial charge is 0.367 e. The monoisotopic (exact) mass is 244 g/mol. The highest BCUT2D eigenvalue weighted by Crippen LogP contribution is 2.62. The van der Waals surface area contributed by atoms with Crippen LogP contribution in [0.2, 0.25) is 0 Å². The Balaban J connectivity index is 1.74. The number of hydrogen-bond acceptors (Lipinski definition) is 1. The van der Waals surface area contributed by atoms with Crippen molar-refractivity contribution in [3.05, 3.63) is 24.0 Å². The Morgan fingerprint density at radius 1 is 1.28 bits per heavy atom. The van der Waals surface area contributed by atoms with Crippen LogP contribution in [0.5, 0.6) is 0 Å². The number of nitrogens with one attached hydrogen (secondary N) is 2. The molecule has 4 fully saturated rings. The summed E-state index contributed by atoms with van der Waals surface area (Å²) in [6.07, 6.45) is 13.0. The van der Waals surface area contributed by atoms with E-state index in [4.69, 9.17) is 0 Å². The minimum Gasteiger partial charge on any atom is -0.367 e. The van der Waals surface area contributed by atoms with E-state index in [9.17, 15) is 0 Å². The Kier molecular flexibility index (Phi) is 2.24. The van der Waals surface area contributed by atoms with Crippen molar-refractivity contribution >= 4 is 0 Å². The lowest BCUT2D eigenvalue weighted by atomic mass is 9.45. The van der Waals surface area contributed by atoms with E-state index >= 15 is 0 Å². The van der Waals surface area contributed by atoms with E-state index < -0.39 is 0 Å². The topological polar surface area (TPSA) is 27.8 Å². The molecule has 1 aromatic rings. The lowest BCUT2D eigenvalue weighted by molar-refractivity contribution is -0.0398. The van der Waals surface area contributed by atoms with E-state index in [-0.39, 0.29) is 0 Å². The van der Waals surface area contributed by atoms with Crippen LogP contribution in [-0.4, -0.2) is 17.1 Å². The third kappa shape index (κ3) is 1.45. The molecule has 0 aliphatic heterocycles.